The van der Waals surface area contributed by atoms with Gasteiger partial charge in [0, 0.05) is 6.42 Å². The van der Waals surface area contributed by atoms with Crippen LogP contribution in [0.2, 0.25) is 0 Å². The van der Waals surface area contributed by atoms with Crippen molar-refractivity contribution in [2.75, 3.05) is 0 Å². The second kappa shape index (κ2) is 6.48. The molecule has 0 heterocycles. The van der Waals surface area contributed by atoms with Gasteiger partial charge in [-0.25, -0.2) is 0 Å². The Hall–Kier alpha value is -1.09. The third kappa shape index (κ3) is 4.62. The molecule has 1 aromatic rings. The van der Waals surface area contributed by atoms with Gasteiger partial charge in [-0.2, -0.15) is 0 Å². The summed E-state index contributed by atoms with van der Waals surface area (Å²) in [7, 11) is 0. The van der Waals surface area contributed by atoms with Gasteiger partial charge in [0.05, 0.1) is 11.1 Å². The highest BCUT2D eigenvalue weighted by atomic mass is 32.1. The van der Waals surface area contributed by atoms with Gasteiger partial charge in [0.15, 0.2) is 0 Å². The Morgan fingerprint density at radius 3 is 2.50 bits per heavy atom. The van der Waals surface area contributed by atoms with Crippen molar-refractivity contribution in [1.29, 1.82) is 0 Å². The van der Waals surface area contributed by atoms with Gasteiger partial charge in [0.2, 0.25) is 0 Å². The summed E-state index contributed by atoms with van der Waals surface area (Å²) in [6, 6.07) is 7.96. The molecule has 1 unspecified atom stereocenters. The van der Waals surface area contributed by atoms with Crippen molar-refractivity contribution in [2.24, 2.45) is 5.73 Å². The Balaban J connectivity index is 2.54. The van der Waals surface area contributed by atoms with Gasteiger partial charge in [-0.3, -0.25) is 0 Å². The summed E-state index contributed by atoms with van der Waals surface area (Å²) in [6.07, 6.45) is 3.14. The fourth-order valence-corrected chi connectivity index (χ4v) is 1.75. The molecular weight excluding hydrogens is 218 g/mol. The first-order chi connectivity index (χ1) is 7.61. The average Bonchev–Trinajstić information content (AvgIpc) is 2.20. The van der Waals surface area contributed by atoms with Crippen LogP contribution in [0.15, 0.2) is 24.3 Å². The minimum atomic E-state index is 0.270. The molecular formula is C13H19NOS. The zero-order chi connectivity index (χ0) is 12.0. The SMILES string of the molecule is CCCC(C)Oc1ccc(CC(N)=S)cc1. The van der Waals surface area contributed by atoms with E-state index in [9.17, 15) is 0 Å². The molecule has 0 aromatic heterocycles. The maximum atomic E-state index is 5.75. The molecule has 88 valence electrons. The minimum absolute atomic E-state index is 0.270. The van der Waals surface area contributed by atoms with Crippen molar-refractivity contribution < 1.29 is 4.74 Å². The van der Waals surface area contributed by atoms with Crippen LogP contribution in [0.4, 0.5) is 0 Å². The molecule has 0 radical (unpaired) electrons. The molecule has 1 atom stereocenters. The lowest BCUT2D eigenvalue weighted by atomic mass is 10.1. The van der Waals surface area contributed by atoms with Gasteiger partial charge >= 0.3 is 0 Å². The third-order valence-electron chi connectivity index (χ3n) is 2.33. The largest absolute Gasteiger partial charge is 0.491 e. The molecule has 2 nitrogen and oxygen atoms in total. The Bertz CT molecular complexity index is 334. The monoisotopic (exact) mass is 237 g/mol. The summed E-state index contributed by atoms with van der Waals surface area (Å²) >= 11 is 4.86. The smallest absolute Gasteiger partial charge is 0.119 e. The Labute approximate surface area is 103 Å². The fourth-order valence-electron chi connectivity index (χ4n) is 1.58. The van der Waals surface area contributed by atoms with E-state index in [1.165, 1.54) is 0 Å². The normalized spacial score (nSPS) is 12.1. The number of hydrogen-bond acceptors (Lipinski definition) is 2. The second-order valence-corrected chi connectivity index (χ2v) is 4.53. The molecule has 0 spiro atoms. The molecule has 0 aliphatic heterocycles. The van der Waals surface area contributed by atoms with Crippen molar-refractivity contribution in [2.45, 2.75) is 39.2 Å². The summed E-state index contributed by atoms with van der Waals surface area (Å²) in [5.74, 6) is 0.910. The molecule has 0 aliphatic rings. The summed E-state index contributed by atoms with van der Waals surface area (Å²) in [4.78, 5) is 0.521. The summed E-state index contributed by atoms with van der Waals surface area (Å²) < 4.78 is 5.75. The zero-order valence-electron chi connectivity index (χ0n) is 9.90. The molecule has 0 fully saturated rings. The molecule has 0 bridgehead atoms. The number of hydrogen-bond donors (Lipinski definition) is 1. The summed E-state index contributed by atoms with van der Waals surface area (Å²) in [5, 5.41) is 0. The van der Waals surface area contributed by atoms with Crippen LogP contribution in [-0.4, -0.2) is 11.1 Å². The van der Waals surface area contributed by atoms with E-state index in [-0.39, 0.29) is 6.10 Å². The first kappa shape index (κ1) is 13.0. The summed E-state index contributed by atoms with van der Waals surface area (Å²) in [5.41, 5.74) is 6.61. The number of rotatable bonds is 6. The van der Waals surface area contributed by atoms with E-state index in [0.717, 1.165) is 24.2 Å². The van der Waals surface area contributed by atoms with Crippen molar-refractivity contribution in [1.82, 2.24) is 0 Å². The maximum absolute atomic E-state index is 5.75. The van der Waals surface area contributed by atoms with Crippen molar-refractivity contribution in [3.05, 3.63) is 29.8 Å². The van der Waals surface area contributed by atoms with Crippen LogP contribution in [0.25, 0.3) is 0 Å². The van der Waals surface area contributed by atoms with Gasteiger partial charge in [-0.05, 0) is 31.0 Å². The van der Waals surface area contributed by atoms with Crippen molar-refractivity contribution in [3.63, 3.8) is 0 Å². The fraction of sp³-hybridized carbons (Fsp3) is 0.462. The quantitative estimate of drug-likeness (QED) is 0.772. The third-order valence-corrected chi connectivity index (χ3v) is 2.48. The van der Waals surface area contributed by atoms with Gasteiger partial charge in [0.25, 0.3) is 0 Å². The number of ether oxygens (including phenoxy) is 1. The number of benzene rings is 1. The Morgan fingerprint density at radius 1 is 1.38 bits per heavy atom. The maximum Gasteiger partial charge on any atom is 0.119 e. The highest BCUT2D eigenvalue weighted by Gasteiger charge is 2.02. The number of nitrogens with two attached hydrogens (primary N) is 1. The van der Waals surface area contributed by atoms with Crippen LogP contribution in [0.1, 0.15) is 32.3 Å². The van der Waals surface area contributed by atoms with Crippen LogP contribution < -0.4 is 10.5 Å². The second-order valence-electron chi connectivity index (χ2n) is 4.00. The van der Waals surface area contributed by atoms with Gasteiger partial charge < -0.3 is 10.5 Å². The van der Waals surface area contributed by atoms with Crippen molar-refractivity contribution >= 4 is 17.2 Å². The van der Waals surface area contributed by atoms with E-state index in [0.29, 0.717) is 11.4 Å². The number of thiocarbonyl (C=S) groups is 1. The summed E-state index contributed by atoms with van der Waals surface area (Å²) in [6.45, 7) is 4.25. The Morgan fingerprint density at radius 2 is 2.00 bits per heavy atom. The van der Waals surface area contributed by atoms with E-state index in [2.05, 4.69) is 13.8 Å². The molecule has 3 heteroatoms. The molecule has 2 N–H and O–H groups in total. The Kier molecular flexibility index (Phi) is 5.26. The topological polar surface area (TPSA) is 35.2 Å². The highest BCUT2D eigenvalue weighted by molar-refractivity contribution is 7.80. The van der Waals surface area contributed by atoms with E-state index >= 15 is 0 Å². The highest BCUT2D eigenvalue weighted by Crippen LogP contribution is 2.15. The molecule has 0 saturated carbocycles. The average molecular weight is 237 g/mol. The van der Waals surface area contributed by atoms with Crippen LogP contribution >= 0.6 is 12.2 Å². The van der Waals surface area contributed by atoms with Crippen LogP contribution in [0, 0.1) is 0 Å². The lowest BCUT2D eigenvalue weighted by molar-refractivity contribution is 0.210. The first-order valence-electron chi connectivity index (χ1n) is 5.65. The van der Waals surface area contributed by atoms with Crippen LogP contribution in [-0.2, 0) is 6.42 Å². The molecule has 1 aromatic carbocycles. The predicted octanol–water partition coefficient (Wildman–Crippen LogP) is 3.08. The standard InChI is InChI=1S/C13H19NOS/c1-3-4-10(2)15-12-7-5-11(6-8-12)9-13(14)16/h5-8,10H,3-4,9H2,1-2H3,(H2,14,16). The zero-order valence-corrected chi connectivity index (χ0v) is 10.7. The van der Waals surface area contributed by atoms with Crippen LogP contribution in [0.3, 0.4) is 0 Å². The van der Waals surface area contributed by atoms with E-state index < -0.39 is 0 Å². The molecule has 0 saturated heterocycles. The minimum Gasteiger partial charge on any atom is -0.491 e. The predicted molar refractivity (Wildman–Crippen MR) is 71.9 cm³/mol. The lowest BCUT2D eigenvalue weighted by Crippen LogP contribution is -2.12. The van der Waals surface area contributed by atoms with Gasteiger partial charge in [-0.1, -0.05) is 37.7 Å². The van der Waals surface area contributed by atoms with E-state index in [1.54, 1.807) is 0 Å². The first-order valence-corrected chi connectivity index (χ1v) is 6.06. The molecule has 0 aliphatic carbocycles. The molecule has 16 heavy (non-hydrogen) atoms. The molecule has 1 rings (SSSR count). The van der Waals surface area contributed by atoms with Crippen LogP contribution in [0.5, 0.6) is 5.75 Å². The van der Waals surface area contributed by atoms with Crippen molar-refractivity contribution in [3.8, 4) is 5.75 Å². The van der Waals surface area contributed by atoms with Gasteiger partial charge in [-0.15, -0.1) is 0 Å². The van der Waals surface area contributed by atoms with E-state index in [4.69, 9.17) is 22.7 Å². The van der Waals surface area contributed by atoms with Gasteiger partial charge in [0.1, 0.15) is 5.75 Å². The lowest BCUT2D eigenvalue weighted by Gasteiger charge is -2.13. The van der Waals surface area contributed by atoms with E-state index in [1.807, 2.05) is 24.3 Å². The molecule has 0 amide bonds.